The fraction of sp³-hybridized carbons (Fsp3) is 0.750. The standard InChI is InChI=1S/C16H25NO6/c1-7-22-15(21)12(9(2)3)17-11(18)8-10(13(17)19)14(20)23-16(4,5)6/h9-10,12H,7-8H2,1-6H3/t10-,12-/m0/s1. The minimum Gasteiger partial charge on any atom is -0.464 e. The van der Waals surface area contributed by atoms with Crippen molar-refractivity contribution in [2.75, 3.05) is 6.61 Å². The number of rotatable bonds is 5. The molecule has 0 saturated carbocycles. The molecule has 0 aromatic rings. The lowest BCUT2D eigenvalue weighted by molar-refractivity contribution is -0.165. The van der Waals surface area contributed by atoms with E-state index in [2.05, 4.69) is 0 Å². The molecule has 130 valence electrons. The van der Waals surface area contributed by atoms with Crippen LogP contribution < -0.4 is 0 Å². The number of nitrogens with zero attached hydrogens (tertiary/aromatic N) is 1. The van der Waals surface area contributed by atoms with Gasteiger partial charge in [-0.1, -0.05) is 13.8 Å². The summed E-state index contributed by atoms with van der Waals surface area (Å²) in [6, 6.07) is -1.03. The Kier molecular flexibility index (Phi) is 5.91. The van der Waals surface area contributed by atoms with Gasteiger partial charge in [-0.25, -0.2) is 4.79 Å². The molecule has 7 heteroatoms. The molecule has 0 aromatic carbocycles. The van der Waals surface area contributed by atoms with Crippen molar-refractivity contribution in [2.45, 2.75) is 59.6 Å². The predicted octanol–water partition coefficient (Wildman–Crippen LogP) is 1.29. The quantitative estimate of drug-likeness (QED) is 0.429. The van der Waals surface area contributed by atoms with E-state index in [-0.39, 0.29) is 18.9 Å². The molecule has 0 aromatic heterocycles. The van der Waals surface area contributed by atoms with Gasteiger partial charge in [0, 0.05) is 6.42 Å². The van der Waals surface area contributed by atoms with E-state index < -0.39 is 41.3 Å². The summed E-state index contributed by atoms with van der Waals surface area (Å²) in [6.07, 6.45) is -0.281. The van der Waals surface area contributed by atoms with Crippen molar-refractivity contribution in [3.05, 3.63) is 0 Å². The maximum Gasteiger partial charge on any atom is 0.329 e. The van der Waals surface area contributed by atoms with E-state index in [0.29, 0.717) is 0 Å². The molecular formula is C16H25NO6. The van der Waals surface area contributed by atoms with Crippen molar-refractivity contribution in [2.24, 2.45) is 11.8 Å². The number of carbonyl (C=O) groups is 4. The third kappa shape index (κ3) is 4.53. The highest BCUT2D eigenvalue weighted by atomic mass is 16.6. The Morgan fingerprint density at radius 3 is 2.26 bits per heavy atom. The fourth-order valence-electron chi connectivity index (χ4n) is 2.40. The second-order valence-electron chi connectivity index (χ2n) is 6.83. The van der Waals surface area contributed by atoms with Gasteiger partial charge >= 0.3 is 11.9 Å². The smallest absolute Gasteiger partial charge is 0.329 e. The molecule has 0 aliphatic carbocycles. The van der Waals surface area contributed by atoms with Gasteiger partial charge in [0.25, 0.3) is 0 Å². The number of ether oxygens (including phenoxy) is 2. The highest BCUT2D eigenvalue weighted by molar-refractivity contribution is 6.14. The van der Waals surface area contributed by atoms with Gasteiger partial charge in [0.15, 0.2) is 0 Å². The number of esters is 2. The Morgan fingerprint density at radius 2 is 1.83 bits per heavy atom. The normalized spacial score (nSPS) is 20.0. The Hall–Kier alpha value is -1.92. The largest absolute Gasteiger partial charge is 0.464 e. The van der Waals surface area contributed by atoms with E-state index in [1.165, 1.54) is 0 Å². The molecule has 1 fully saturated rings. The van der Waals surface area contributed by atoms with Crippen LogP contribution in [0.15, 0.2) is 0 Å². The second-order valence-corrected chi connectivity index (χ2v) is 6.83. The lowest BCUT2D eigenvalue weighted by atomic mass is 10.0. The Morgan fingerprint density at radius 1 is 1.26 bits per heavy atom. The summed E-state index contributed by atoms with van der Waals surface area (Å²) in [5.41, 5.74) is -0.758. The van der Waals surface area contributed by atoms with Gasteiger partial charge in [-0.05, 0) is 33.6 Å². The predicted molar refractivity (Wildman–Crippen MR) is 81.1 cm³/mol. The molecule has 2 atom stereocenters. The third-order valence-corrected chi connectivity index (χ3v) is 3.31. The number of likely N-dealkylation sites (tertiary alicyclic amines) is 1. The summed E-state index contributed by atoms with van der Waals surface area (Å²) in [7, 11) is 0. The maximum atomic E-state index is 12.5. The first-order valence-corrected chi connectivity index (χ1v) is 7.75. The van der Waals surface area contributed by atoms with Crippen molar-refractivity contribution in [1.82, 2.24) is 4.90 Å². The van der Waals surface area contributed by atoms with Crippen LogP contribution in [0, 0.1) is 11.8 Å². The molecule has 0 unspecified atom stereocenters. The zero-order valence-corrected chi connectivity index (χ0v) is 14.5. The highest BCUT2D eigenvalue weighted by Gasteiger charge is 2.50. The van der Waals surface area contributed by atoms with Crippen LogP contribution in [0.4, 0.5) is 0 Å². The van der Waals surface area contributed by atoms with E-state index >= 15 is 0 Å². The molecule has 1 rings (SSSR count). The van der Waals surface area contributed by atoms with Crippen LogP contribution in [0.5, 0.6) is 0 Å². The first kappa shape index (κ1) is 19.1. The summed E-state index contributed by atoms with van der Waals surface area (Å²) >= 11 is 0. The summed E-state index contributed by atoms with van der Waals surface area (Å²) in [6.45, 7) is 10.3. The van der Waals surface area contributed by atoms with Gasteiger partial charge in [-0.2, -0.15) is 0 Å². The van der Waals surface area contributed by atoms with Crippen LogP contribution >= 0.6 is 0 Å². The Bertz CT molecular complexity index is 505. The number of carbonyl (C=O) groups excluding carboxylic acids is 4. The molecule has 1 aliphatic heterocycles. The van der Waals surface area contributed by atoms with Gasteiger partial charge in [0.1, 0.15) is 17.6 Å². The molecule has 1 aliphatic rings. The second kappa shape index (κ2) is 7.10. The van der Waals surface area contributed by atoms with Crippen molar-refractivity contribution in [3.8, 4) is 0 Å². The molecule has 0 bridgehead atoms. The summed E-state index contributed by atoms with van der Waals surface area (Å²) < 4.78 is 10.1. The summed E-state index contributed by atoms with van der Waals surface area (Å²) in [5.74, 6) is -4.16. The molecule has 7 nitrogen and oxygen atoms in total. The van der Waals surface area contributed by atoms with E-state index in [1.54, 1.807) is 41.5 Å². The Labute approximate surface area is 136 Å². The van der Waals surface area contributed by atoms with Gasteiger partial charge in [0.2, 0.25) is 11.8 Å². The lowest BCUT2D eigenvalue weighted by Crippen LogP contribution is -2.49. The van der Waals surface area contributed by atoms with Gasteiger partial charge in [-0.3, -0.25) is 19.3 Å². The average molecular weight is 327 g/mol. The zero-order chi connectivity index (χ0) is 17.9. The third-order valence-electron chi connectivity index (χ3n) is 3.31. The monoisotopic (exact) mass is 327 g/mol. The van der Waals surface area contributed by atoms with Crippen LogP contribution in [-0.2, 0) is 28.7 Å². The summed E-state index contributed by atoms with van der Waals surface area (Å²) in [5, 5.41) is 0. The molecule has 0 spiro atoms. The van der Waals surface area contributed by atoms with E-state index in [1.807, 2.05) is 0 Å². The van der Waals surface area contributed by atoms with Gasteiger partial charge < -0.3 is 9.47 Å². The van der Waals surface area contributed by atoms with Crippen LogP contribution in [0.3, 0.4) is 0 Å². The number of amides is 2. The molecule has 23 heavy (non-hydrogen) atoms. The minimum atomic E-state index is -1.20. The average Bonchev–Trinajstić information content (AvgIpc) is 2.65. The van der Waals surface area contributed by atoms with Crippen molar-refractivity contribution < 1.29 is 28.7 Å². The SMILES string of the molecule is CCOC(=O)[C@H](C(C)C)N1C(=O)C[C@H](C(=O)OC(C)(C)C)C1=O. The molecular weight excluding hydrogens is 302 g/mol. The molecule has 1 saturated heterocycles. The number of hydrogen-bond donors (Lipinski definition) is 0. The molecule has 1 heterocycles. The summed E-state index contributed by atoms with van der Waals surface area (Å²) in [4.78, 5) is 49.8. The first-order valence-electron chi connectivity index (χ1n) is 7.75. The van der Waals surface area contributed by atoms with Crippen molar-refractivity contribution >= 4 is 23.8 Å². The number of imide groups is 1. The minimum absolute atomic E-state index is 0.147. The van der Waals surface area contributed by atoms with E-state index in [4.69, 9.17) is 9.47 Å². The van der Waals surface area contributed by atoms with Crippen molar-refractivity contribution in [3.63, 3.8) is 0 Å². The molecule has 2 amide bonds. The number of hydrogen-bond acceptors (Lipinski definition) is 6. The van der Waals surface area contributed by atoms with Gasteiger partial charge in [0.05, 0.1) is 6.61 Å². The lowest BCUT2D eigenvalue weighted by Gasteiger charge is -2.28. The molecule has 0 radical (unpaired) electrons. The first-order chi connectivity index (χ1) is 10.5. The zero-order valence-electron chi connectivity index (χ0n) is 14.5. The van der Waals surface area contributed by atoms with Crippen LogP contribution in [0.2, 0.25) is 0 Å². The van der Waals surface area contributed by atoms with Crippen LogP contribution in [0.1, 0.15) is 48.0 Å². The van der Waals surface area contributed by atoms with E-state index in [0.717, 1.165) is 4.90 Å². The maximum absolute atomic E-state index is 12.5. The Balaban J connectivity index is 3.01. The fourth-order valence-corrected chi connectivity index (χ4v) is 2.40. The van der Waals surface area contributed by atoms with Crippen molar-refractivity contribution in [1.29, 1.82) is 0 Å². The molecule has 0 N–H and O–H groups in total. The van der Waals surface area contributed by atoms with Gasteiger partial charge in [-0.15, -0.1) is 0 Å². The van der Waals surface area contributed by atoms with E-state index in [9.17, 15) is 19.2 Å². The topological polar surface area (TPSA) is 90.0 Å². The van der Waals surface area contributed by atoms with Crippen LogP contribution in [-0.4, -0.2) is 46.9 Å². The van der Waals surface area contributed by atoms with Crippen LogP contribution in [0.25, 0.3) is 0 Å². The highest BCUT2D eigenvalue weighted by Crippen LogP contribution is 2.28.